The second-order valence-electron chi connectivity index (χ2n) is 6.03. The van der Waals surface area contributed by atoms with Gasteiger partial charge in [-0.1, -0.05) is 43.3 Å². The summed E-state index contributed by atoms with van der Waals surface area (Å²) in [6.45, 7) is 2.23. The van der Waals surface area contributed by atoms with Crippen molar-refractivity contribution in [3.8, 4) is 5.75 Å². The molecule has 3 atom stereocenters. The minimum atomic E-state index is -0.0171. The van der Waals surface area contributed by atoms with E-state index in [1.807, 2.05) is 24.3 Å². The fraction of sp³-hybridized carbons (Fsp3) is 0.278. The number of ether oxygens (including phenoxy) is 1. The molecule has 4 rings (SSSR count). The molecule has 0 unspecified atom stereocenters. The standard InChI is InChI=1S/C18H17NO2/c1-18(11-6-4-3-5-7-11)15-13-9-8-12(21-2)10-14(13)17(20)19-16(15)18/h3-10,15-16H,1-2H3,(H,19,20)/t15-,16+,18+/m0/s1. The van der Waals surface area contributed by atoms with Crippen LogP contribution in [0.2, 0.25) is 0 Å². The summed E-state index contributed by atoms with van der Waals surface area (Å²) in [4.78, 5) is 12.3. The quantitative estimate of drug-likeness (QED) is 0.918. The molecule has 1 saturated carbocycles. The molecular weight excluding hydrogens is 262 g/mol. The molecule has 3 heteroatoms. The average molecular weight is 279 g/mol. The third-order valence-corrected chi connectivity index (χ3v) is 5.04. The lowest BCUT2D eigenvalue weighted by Gasteiger charge is -2.15. The highest BCUT2D eigenvalue weighted by atomic mass is 16.5. The molecular formula is C18H17NO2. The number of amides is 1. The van der Waals surface area contributed by atoms with Crippen molar-refractivity contribution in [1.29, 1.82) is 0 Å². The van der Waals surface area contributed by atoms with Crippen LogP contribution in [0.15, 0.2) is 48.5 Å². The topological polar surface area (TPSA) is 38.3 Å². The molecule has 1 heterocycles. The molecule has 2 aliphatic rings. The first-order valence-electron chi connectivity index (χ1n) is 7.20. The number of methoxy groups -OCH3 is 1. The van der Waals surface area contributed by atoms with E-state index in [4.69, 9.17) is 4.74 Å². The monoisotopic (exact) mass is 279 g/mol. The van der Waals surface area contributed by atoms with Crippen LogP contribution in [-0.2, 0) is 5.41 Å². The minimum absolute atomic E-state index is 0.00445. The van der Waals surface area contributed by atoms with E-state index < -0.39 is 0 Å². The first kappa shape index (κ1) is 12.5. The van der Waals surface area contributed by atoms with E-state index in [9.17, 15) is 4.79 Å². The van der Waals surface area contributed by atoms with Gasteiger partial charge in [-0.25, -0.2) is 0 Å². The van der Waals surface area contributed by atoms with Gasteiger partial charge in [0.25, 0.3) is 5.91 Å². The number of fused-ring (bicyclic) bond motifs is 3. The lowest BCUT2D eigenvalue weighted by atomic mass is 9.91. The maximum Gasteiger partial charge on any atom is 0.251 e. The average Bonchev–Trinajstić information content (AvgIpc) is 3.14. The second-order valence-corrected chi connectivity index (χ2v) is 6.03. The maximum atomic E-state index is 12.3. The third-order valence-electron chi connectivity index (χ3n) is 5.04. The fourth-order valence-corrected chi connectivity index (χ4v) is 3.75. The van der Waals surface area contributed by atoms with E-state index in [1.54, 1.807) is 7.11 Å². The zero-order valence-electron chi connectivity index (χ0n) is 12.1. The summed E-state index contributed by atoms with van der Waals surface area (Å²) in [5, 5.41) is 3.16. The molecule has 3 nitrogen and oxygen atoms in total. The van der Waals surface area contributed by atoms with Crippen molar-refractivity contribution in [2.24, 2.45) is 0 Å². The van der Waals surface area contributed by atoms with Crippen molar-refractivity contribution < 1.29 is 9.53 Å². The molecule has 1 amide bonds. The van der Waals surface area contributed by atoms with Gasteiger partial charge in [0.2, 0.25) is 0 Å². The number of benzene rings is 2. The molecule has 2 aromatic carbocycles. The van der Waals surface area contributed by atoms with Gasteiger partial charge in [-0.05, 0) is 23.3 Å². The zero-order chi connectivity index (χ0) is 14.6. The largest absolute Gasteiger partial charge is 0.497 e. The van der Waals surface area contributed by atoms with E-state index in [0.717, 1.165) is 16.9 Å². The van der Waals surface area contributed by atoms with E-state index in [2.05, 4.69) is 36.5 Å². The van der Waals surface area contributed by atoms with Gasteiger partial charge in [0.15, 0.2) is 0 Å². The van der Waals surface area contributed by atoms with Gasteiger partial charge < -0.3 is 10.1 Å². The zero-order valence-corrected chi connectivity index (χ0v) is 12.1. The highest BCUT2D eigenvalue weighted by Crippen LogP contribution is 2.62. The number of hydrogen-bond donors (Lipinski definition) is 1. The Kier molecular flexibility index (Phi) is 2.43. The summed E-state index contributed by atoms with van der Waals surface area (Å²) in [5.74, 6) is 1.08. The molecule has 1 N–H and O–H groups in total. The van der Waals surface area contributed by atoms with Gasteiger partial charge in [0, 0.05) is 22.9 Å². The smallest absolute Gasteiger partial charge is 0.251 e. The Labute approximate surface area is 123 Å². The molecule has 21 heavy (non-hydrogen) atoms. The minimum Gasteiger partial charge on any atom is -0.497 e. The first-order chi connectivity index (χ1) is 10.2. The molecule has 2 aromatic rings. The van der Waals surface area contributed by atoms with Gasteiger partial charge in [0.1, 0.15) is 5.75 Å². The Morgan fingerprint density at radius 1 is 1.14 bits per heavy atom. The van der Waals surface area contributed by atoms with Crippen molar-refractivity contribution in [3.63, 3.8) is 0 Å². The summed E-state index contributed by atoms with van der Waals surface area (Å²) in [5.41, 5.74) is 3.15. The Morgan fingerprint density at radius 3 is 2.62 bits per heavy atom. The highest BCUT2D eigenvalue weighted by Gasteiger charge is 2.65. The summed E-state index contributed by atoms with van der Waals surface area (Å²) >= 11 is 0. The number of rotatable bonds is 2. The van der Waals surface area contributed by atoms with Crippen molar-refractivity contribution in [2.45, 2.75) is 24.3 Å². The Hall–Kier alpha value is -2.29. The van der Waals surface area contributed by atoms with Crippen LogP contribution in [0.4, 0.5) is 0 Å². The second kappa shape index (κ2) is 4.10. The Bertz CT molecular complexity index is 725. The number of carbonyl (C=O) groups is 1. The predicted molar refractivity (Wildman–Crippen MR) is 80.8 cm³/mol. The Morgan fingerprint density at radius 2 is 1.90 bits per heavy atom. The number of carbonyl (C=O) groups excluding carboxylic acids is 1. The van der Waals surface area contributed by atoms with Gasteiger partial charge in [0.05, 0.1) is 7.11 Å². The first-order valence-corrected chi connectivity index (χ1v) is 7.20. The number of hydrogen-bond acceptors (Lipinski definition) is 2. The predicted octanol–water partition coefficient (Wildman–Crippen LogP) is 2.86. The van der Waals surface area contributed by atoms with Crippen LogP contribution in [0.1, 0.15) is 34.3 Å². The summed E-state index contributed by atoms with van der Waals surface area (Å²) < 4.78 is 5.23. The van der Waals surface area contributed by atoms with Crippen LogP contribution in [0, 0.1) is 0 Å². The van der Waals surface area contributed by atoms with Crippen molar-refractivity contribution in [1.82, 2.24) is 5.32 Å². The summed E-state index contributed by atoms with van der Waals surface area (Å²) in [6, 6.07) is 16.4. The van der Waals surface area contributed by atoms with Gasteiger partial charge >= 0.3 is 0 Å². The van der Waals surface area contributed by atoms with E-state index in [-0.39, 0.29) is 17.4 Å². The lowest BCUT2D eigenvalue weighted by Crippen LogP contribution is -2.33. The third kappa shape index (κ3) is 1.57. The van der Waals surface area contributed by atoms with Crippen molar-refractivity contribution in [2.75, 3.05) is 7.11 Å². The van der Waals surface area contributed by atoms with Crippen LogP contribution in [0.5, 0.6) is 5.75 Å². The lowest BCUT2D eigenvalue weighted by molar-refractivity contribution is 0.0941. The molecule has 0 aromatic heterocycles. The van der Waals surface area contributed by atoms with Crippen molar-refractivity contribution >= 4 is 5.91 Å². The molecule has 0 radical (unpaired) electrons. The maximum absolute atomic E-state index is 12.3. The molecule has 0 saturated heterocycles. The van der Waals surface area contributed by atoms with E-state index in [0.29, 0.717) is 5.92 Å². The fourth-order valence-electron chi connectivity index (χ4n) is 3.75. The SMILES string of the molecule is COc1ccc2c(c1)C(=O)N[C@@H]1[C@H]2[C@@]1(C)c1ccccc1. The van der Waals surface area contributed by atoms with E-state index in [1.165, 1.54) is 5.56 Å². The summed E-state index contributed by atoms with van der Waals surface area (Å²) in [7, 11) is 1.62. The Balaban J connectivity index is 1.81. The van der Waals surface area contributed by atoms with Gasteiger partial charge in [-0.15, -0.1) is 0 Å². The molecule has 0 bridgehead atoms. The van der Waals surface area contributed by atoms with Crippen LogP contribution in [0.25, 0.3) is 0 Å². The van der Waals surface area contributed by atoms with Crippen LogP contribution >= 0.6 is 0 Å². The molecule has 0 spiro atoms. The normalized spacial score (nSPS) is 29.1. The van der Waals surface area contributed by atoms with Crippen LogP contribution < -0.4 is 10.1 Å². The highest BCUT2D eigenvalue weighted by molar-refractivity contribution is 5.99. The molecule has 1 fully saturated rings. The van der Waals surface area contributed by atoms with Crippen molar-refractivity contribution in [3.05, 3.63) is 65.2 Å². The molecule has 1 aliphatic carbocycles. The molecule has 106 valence electrons. The van der Waals surface area contributed by atoms with Gasteiger partial charge in [-0.2, -0.15) is 0 Å². The van der Waals surface area contributed by atoms with Crippen LogP contribution in [-0.4, -0.2) is 19.1 Å². The number of nitrogens with one attached hydrogen (secondary N) is 1. The molecule has 1 aliphatic heterocycles. The van der Waals surface area contributed by atoms with Gasteiger partial charge in [-0.3, -0.25) is 4.79 Å². The van der Waals surface area contributed by atoms with E-state index >= 15 is 0 Å². The summed E-state index contributed by atoms with van der Waals surface area (Å²) in [6.07, 6.45) is 0. The van der Waals surface area contributed by atoms with Crippen LogP contribution in [0.3, 0.4) is 0 Å².